The number of alkyl carbamates (subject to hydrolysis) is 1. The van der Waals surface area contributed by atoms with E-state index in [0.29, 0.717) is 11.1 Å². The molecular weight excluding hydrogens is 732 g/mol. The lowest BCUT2D eigenvalue weighted by Crippen LogP contribution is -2.63. The fraction of sp³-hybridized carbons (Fsp3) is 0.452. The number of terminal acetylenes is 1. The number of carbonyl (C=O) groups is 7. The summed E-state index contributed by atoms with van der Waals surface area (Å²) in [7, 11) is 1.17. The number of hydrogen-bond acceptors (Lipinski definition) is 9. The third-order valence-corrected chi connectivity index (χ3v) is 8.15. The van der Waals surface area contributed by atoms with Gasteiger partial charge in [-0.25, -0.2) is 9.59 Å². The van der Waals surface area contributed by atoms with Crippen LogP contribution in [0, 0.1) is 24.2 Å². The first-order chi connectivity index (χ1) is 26.5. The van der Waals surface area contributed by atoms with Crippen molar-refractivity contribution in [3.8, 4) is 24.2 Å². The molecular formula is C42H54N6O9. The van der Waals surface area contributed by atoms with Crippen molar-refractivity contribution in [1.82, 2.24) is 31.9 Å². The Morgan fingerprint density at radius 2 is 1.25 bits per heavy atom. The van der Waals surface area contributed by atoms with Crippen LogP contribution in [0.5, 0.6) is 0 Å². The van der Waals surface area contributed by atoms with Gasteiger partial charge < -0.3 is 41.4 Å². The van der Waals surface area contributed by atoms with Crippen molar-refractivity contribution in [1.29, 1.82) is 0 Å². The Morgan fingerprint density at radius 3 is 1.79 bits per heavy atom. The lowest BCUT2D eigenvalue weighted by molar-refractivity contribution is -0.146. The Morgan fingerprint density at radius 1 is 0.719 bits per heavy atom. The quantitative estimate of drug-likeness (QED) is 0.0889. The highest BCUT2D eigenvalue weighted by molar-refractivity contribution is 5.98. The molecule has 0 saturated heterocycles. The number of ether oxygens (including phenoxy) is 2. The van der Waals surface area contributed by atoms with Crippen LogP contribution in [0.3, 0.4) is 0 Å². The molecule has 0 fully saturated rings. The van der Waals surface area contributed by atoms with Gasteiger partial charge in [0.05, 0.1) is 7.11 Å². The molecule has 0 bridgehead atoms. The maximum atomic E-state index is 13.3. The zero-order chi connectivity index (χ0) is 43.1. The average molecular weight is 787 g/mol. The smallest absolute Gasteiger partial charge is 0.408 e. The van der Waals surface area contributed by atoms with Gasteiger partial charge >= 0.3 is 12.1 Å². The topological polar surface area (TPSA) is 210 Å². The van der Waals surface area contributed by atoms with Gasteiger partial charge in [-0.2, -0.15) is 0 Å². The van der Waals surface area contributed by atoms with E-state index >= 15 is 0 Å². The van der Waals surface area contributed by atoms with Gasteiger partial charge in [-0.3, -0.25) is 24.0 Å². The second kappa shape index (κ2) is 20.5. The predicted molar refractivity (Wildman–Crippen MR) is 213 cm³/mol. The van der Waals surface area contributed by atoms with Crippen LogP contribution < -0.4 is 31.9 Å². The van der Waals surface area contributed by atoms with Gasteiger partial charge in [0.2, 0.25) is 23.6 Å². The molecule has 15 nitrogen and oxygen atoms in total. The van der Waals surface area contributed by atoms with Gasteiger partial charge in [0, 0.05) is 28.8 Å². The number of amides is 6. The van der Waals surface area contributed by atoms with Gasteiger partial charge in [-0.05, 0) is 118 Å². The van der Waals surface area contributed by atoms with Crippen LogP contribution in [0.1, 0.15) is 102 Å². The van der Waals surface area contributed by atoms with Crippen molar-refractivity contribution in [3.63, 3.8) is 0 Å². The molecule has 0 aromatic heterocycles. The number of carbonyl (C=O) groups excluding carboxylic acids is 7. The average Bonchev–Trinajstić information content (AvgIpc) is 3.13. The number of rotatable bonds is 15. The van der Waals surface area contributed by atoms with Crippen LogP contribution in [0.2, 0.25) is 0 Å². The van der Waals surface area contributed by atoms with Gasteiger partial charge in [-0.15, -0.1) is 6.42 Å². The second-order valence-corrected chi connectivity index (χ2v) is 15.3. The molecule has 6 N–H and O–H groups in total. The van der Waals surface area contributed by atoms with Crippen LogP contribution in [0.15, 0.2) is 48.5 Å². The van der Waals surface area contributed by atoms with Crippen LogP contribution in [0.4, 0.5) is 4.79 Å². The van der Waals surface area contributed by atoms with E-state index in [0.717, 1.165) is 11.1 Å². The first-order valence-electron chi connectivity index (χ1n) is 18.3. The molecule has 0 aliphatic carbocycles. The molecule has 3 atom stereocenters. The highest BCUT2D eigenvalue weighted by Crippen LogP contribution is 2.11. The second-order valence-electron chi connectivity index (χ2n) is 15.3. The van der Waals surface area contributed by atoms with Crippen LogP contribution in [-0.4, -0.2) is 90.1 Å². The summed E-state index contributed by atoms with van der Waals surface area (Å²) in [6.45, 7) is 13.7. The Kier molecular flexibility index (Phi) is 16.9. The standard InChI is InChI=1S/C42H54N6O9/c1-12-28-18-20-29(21-19-28)22-23-30-15-13-16-31(25-30)35(51)43-24-14-17-32(36(52)56-11)46-38(54)42(9,10)47-33(49)26(2)44-37(53)41(7,8)48-34(50)27(3)45-39(55)57-40(4,5)6/h1,13,15-16,18-21,25-27,32H,14,17,24H2,2-11H3,(H,43,51)(H,44,53)(H,45,55)(H,46,54)(H,47,49)(H,48,50)/t26-,27-,32-/m0/s1. The molecule has 2 aromatic rings. The van der Waals surface area contributed by atoms with Crippen LogP contribution in [-0.2, 0) is 33.4 Å². The normalized spacial score (nSPS) is 12.7. The molecule has 0 spiro atoms. The lowest BCUT2D eigenvalue weighted by atomic mass is 10.0. The van der Waals surface area contributed by atoms with Crippen molar-refractivity contribution in [2.24, 2.45) is 0 Å². The number of methoxy groups -OCH3 is 1. The zero-order valence-corrected chi connectivity index (χ0v) is 34.2. The number of hydrogen-bond donors (Lipinski definition) is 6. The number of benzene rings is 2. The van der Waals surface area contributed by atoms with Crippen molar-refractivity contribution >= 4 is 41.6 Å². The van der Waals surface area contributed by atoms with Crippen molar-refractivity contribution in [2.75, 3.05) is 13.7 Å². The van der Waals surface area contributed by atoms with Crippen molar-refractivity contribution in [2.45, 2.75) is 110 Å². The Labute approximate surface area is 334 Å². The minimum Gasteiger partial charge on any atom is -0.467 e. The fourth-order valence-corrected chi connectivity index (χ4v) is 4.81. The number of esters is 1. The highest BCUT2D eigenvalue weighted by Gasteiger charge is 2.37. The summed E-state index contributed by atoms with van der Waals surface area (Å²) < 4.78 is 10.0. The van der Waals surface area contributed by atoms with E-state index in [9.17, 15) is 33.6 Å². The molecule has 6 amide bonds. The maximum Gasteiger partial charge on any atom is 0.408 e. The molecule has 2 aromatic carbocycles. The molecule has 0 saturated carbocycles. The summed E-state index contributed by atoms with van der Waals surface area (Å²) in [6.07, 6.45) is 4.98. The summed E-state index contributed by atoms with van der Waals surface area (Å²) in [6, 6.07) is 10.7. The zero-order valence-electron chi connectivity index (χ0n) is 34.2. The Balaban J connectivity index is 1.92. The first-order valence-corrected chi connectivity index (χ1v) is 18.3. The van der Waals surface area contributed by atoms with E-state index in [-0.39, 0.29) is 25.3 Å². The molecule has 0 heterocycles. The van der Waals surface area contributed by atoms with Gasteiger partial charge in [-0.1, -0.05) is 23.8 Å². The summed E-state index contributed by atoms with van der Waals surface area (Å²) >= 11 is 0. The summed E-state index contributed by atoms with van der Waals surface area (Å²) in [4.78, 5) is 89.7. The third-order valence-electron chi connectivity index (χ3n) is 8.15. The van der Waals surface area contributed by atoms with E-state index in [4.69, 9.17) is 15.9 Å². The third kappa shape index (κ3) is 15.7. The number of nitrogens with one attached hydrogen (secondary N) is 6. The van der Waals surface area contributed by atoms with E-state index < -0.39 is 70.5 Å². The predicted octanol–water partition coefficient (Wildman–Crippen LogP) is 2.44. The molecule has 306 valence electrons. The molecule has 15 heteroatoms. The van der Waals surface area contributed by atoms with Crippen LogP contribution in [0.25, 0.3) is 0 Å². The van der Waals surface area contributed by atoms with E-state index in [1.54, 1.807) is 57.2 Å². The van der Waals surface area contributed by atoms with Gasteiger partial charge in [0.25, 0.3) is 5.91 Å². The maximum absolute atomic E-state index is 13.3. The van der Waals surface area contributed by atoms with Gasteiger partial charge in [0.15, 0.2) is 0 Å². The SMILES string of the molecule is C#Cc1ccc(C#Cc2cccc(C(=O)NCCC[C@H](NC(=O)C(C)(C)NC(=O)[C@H](C)NC(=O)C(C)(C)NC(=O)[C@H](C)NC(=O)OC(C)(C)C)C(=O)OC)c2)cc1. The summed E-state index contributed by atoms with van der Waals surface area (Å²) in [5.41, 5.74) is -1.30. The lowest BCUT2D eigenvalue weighted by Gasteiger charge is -2.31. The van der Waals surface area contributed by atoms with E-state index in [2.05, 4.69) is 49.7 Å². The highest BCUT2D eigenvalue weighted by atomic mass is 16.6. The molecule has 57 heavy (non-hydrogen) atoms. The molecule has 0 unspecified atom stereocenters. The van der Waals surface area contributed by atoms with Crippen molar-refractivity contribution < 1.29 is 43.0 Å². The minimum absolute atomic E-state index is 0.103. The van der Waals surface area contributed by atoms with Gasteiger partial charge in [0.1, 0.15) is 34.8 Å². The Bertz CT molecular complexity index is 1910. The monoisotopic (exact) mass is 786 g/mol. The fourth-order valence-electron chi connectivity index (χ4n) is 4.81. The minimum atomic E-state index is -1.55. The largest absolute Gasteiger partial charge is 0.467 e. The Hall–Kier alpha value is -6.35. The van der Waals surface area contributed by atoms with E-state index in [1.165, 1.54) is 48.7 Å². The summed E-state index contributed by atoms with van der Waals surface area (Å²) in [5.74, 6) is 4.72. The van der Waals surface area contributed by atoms with Crippen molar-refractivity contribution in [3.05, 3.63) is 70.8 Å². The molecule has 0 aliphatic rings. The van der Waals surface area contributed by atoms with E-state index in [1.807, 2.05) is 12.1 Å². The summed E-state index contributed by atoms with van der Waals surface area (Å²) in [5, 5.41) is 15.4. The first kappa shape index (κ1) is 46.8. The molecule has 2 rings (SSSR count). The van der Waals surface area contributed by atoms with Crippen LogP contribution >= 0.6 is 0 Å². The molecule has 0 aliphatic heterocycles. The molecule has 0 radical (unpaired) electrons.